The number of phenols is 1. The van der Waals surface area contributed by atoms with Crippen molar-refractivity contribution in [3.63, 3.8) is 0 Å². The predicted molar refractivity (Wildman–Crippen MR) is 89.2 cm³/mol. The van der Waals surface area contributed by atoms with Gasteiger partial charge in [-0.05, 0) is 30.5 Å². The second-order valence-corrected chi connectivity index (χ2v) is 5.23. The third-order valence-corrected chi connectivity index (χ3v) is 3.62. The van der Waals surface area contributed by atoms with Gasteiger partial charge in [-0.25, -0.2) is 0 Å². The number of hydrogen-bond acceptors (Lipinski definition) is 3. The largest absolute Gasteiger partial charge is 0.505 e. The topological polar surface area (TPSA) is 75.4 Å². The minimum Gasteiger partial charge on any atom is -0.505 e. The third kappa shape index (κ3) is 2.46. The van der Waals surface area contributed by atoms with Gasteiger partial charge in [0.1, 0.15) is 0 Å². The number of fused-ring (bicyclic) bond motifs is 1. The first-order chi connectivity index (χ1) is 10.6. The summed E-state index contributed by atoms with van der Waals surface area (Å²) in [5.41, 5.74) is 8.09. The molecule has 0 bridgehead atoms. The molecule has 22 heavy (non-hydrogen) atoms. The Balaban J connectivity index is 2.00. The lowest BCUT2D eigenvalue weighted by Crippen LogP contribution is -2.12. The lowest BCUT2D eigenvalue weighted by Gasteiger charge is -2.11. The van der Waals surface area contributed by atoms with E-state index in [1.165, 1.54) is 0 Å². The highest BCUT2D eigenvalue weighted by Crippen LogP contribution is 2.33. The lowest BCUT2D eigenvalue weighted by atomic mass is 10.0. The first-order valence-corrected chi connectivity index (χ1v) is 6.94. The number of aryl methyl sites for hydroxylation is 1. The fourth-order valence-corrected chi connectivity index (χ4v) is 2.37. The van der Waals surface area contributed by atoms with Crippen molar-refractivity contribution < 1.29 is 9.90 Å². The number of nitrogens with one attached hydrogen (secondary N) is 1. The van der Waals surface area contributed by atoms with Gasteiger partial charge in [-0.15, -0.1) is 0 Å². The molecule has 0 heterocycles. The van der Waals surface area contributed by atoms with Crippen molar-refractivity contribution in [2.24, 2.45) is 0 Å². The van der Waals surface area contributed by atoms with E-state index in [0.29, 0.717) is 5.69 Å². The number of nitrogens with two attached hydrogens (primary N) is 1. The van der Waals surface area contributed by atoms with Crippen LogP contribution in [0.3, 0.4) is 0 Å². The fraction of sp³-hybridized carbons (Fsp3) is 0.0556. The van der Waals surface area contributed by atoms with Gasteiger partial charge in [0.05, 0.1) is 11.3 Å². The van der Waals surface area contributed by atoms with Gasteiger partial charge in [-0.3, -0.25) is 4.79 Å². The molecule has 0 spiro atoms. The molecule has 3 aromatic carbocycles. The summed E-state index contributed by atoms with van der Waals surface area (Å²) in [5, 5.41) is 14.5. The Kier molecular flexibility index (Phi) is 3.43. The fourth-order valence-electron chi connectivity index (χ4n) is 2.37. The maximum absolute atomic E-state index is 12.4. The molecular weight excluding hydrogens is 276 g/mol. The Bertz CT molecular complexity index is 855. The molecule has 0 aliphatic rings. The molecule has 0 fully saturated rings. The standard InChI is InChI=1S/C18H16N2O2/c1-11-6-8-13(9-7-11)20-18(22)15-10-12-4-2-3-5-14(12)16(19)17(15)21/h2-10,21H,19H2,1H3,(H,20,22). The van der Waals surface area contributed by atoms with Crippen molar-refractivity contribution in [3.05, 3.63) is 65.7 Å². The number of aromatic hydroxyl groups is 1. The summed E-state index contributed by atoms with van der Waals surface area (Å²) < 4.78 is 0. The highest BCUT2D eigenvalue weighted by atomic mass is 16.3. The van der Waals surface area contributed by atoms with E-state index in [0.717, 1.165) is 16.3 Å². The summed E-state index contributed by atoms with van der Waals surface area (Å²) in [5.74, 6) is -0.581. The van der Waals surface area contributed by atoms with Crippen molar-refractivity contribution in [3.8, 4) is 5.75 Å². The number of amides is 1. The van der Waals surface area contributed by atoms with E-state index in [1.807, 2.05) is 55.5 Å². The number of rotatable bonds is 2. The molecule has 4 nitrogen and oxygen atoms in total. The van der Waals surface area contributed by atoms with Crippen LogP contribution in [0.1, 0.15) is 15.9 Å². The molecule has 0 unspecified atom stereocenters. The van der Waals surface area contributed by atoms with Crippen molar-refractivity contribution in [1.82, 2.24) is 0 Å². The average Bonchev–Trinajstić information content (AvgIpc) is 2.53. The molecule has 0 aromatic heterocycles. The van der Waals surface area contributed by atoms with Gasteiger partial charge in [-0.2, -0.15) is 0 Å². The number of carbonyl (C=O) groups excluding carboxylic acids is 1. The Hall–Kier alpha value is -3.01. The van der Waals surface area contributed by atoms with Crippen LogP contribution in [-0.2, 0) is 0 Å². The van der Waals surface area contributed by atoms with Gasteiger partial charge in [-0.1, -0.05) is 42.0 Å². The van der Waals surface area contributed by atoms with Crippen molar-refractivity contribution in [1.29, 1.82) is 0 Å². The maximum atomic E-state index is 12.4. The first kappa shape index (κ1) is 13.9. The summed E-state index contributed by atoms with van der Waals surface area (Å²) in [6.07, 6.45) is 0. The van der Waals surface area contributed by atoms with E-state index >= 15 is 0 Å². The molecule has 3 aromatic rings. The van der Waals surface area contributed by atoms with Crippen LogP contribution in [-0.4, -0.2) is 11.0 Å². The number of anilines is 2. The normalized spacial score (nSPS) is 10.6. The summed E-state index contributed by atoms with van der Waals surface area (Å²) in [7, 11) is 0. The Labute approximate surface area is 128 Å². The van der Waals surface area contributed by atoms with Crippen LogP contribution in [0.15, 0.2) is 54.6 Å². The van der Waals surface area contributed by atoms with E-state index < -0.39 is 0 Å². The Morgan fingerprint density at radius 1 is 1.09 bits per heavy atom. The Morgan fingerprint density at radius 2 is 1.77 bits per heavy atom. The quantitative estimate of drug-likeness (QED) is 0.498. The summed E-state index contributed by atoms with van der Waals surface area (Å²) in [4.78, 5) is 12.4. The molecule has 3 rings (SSSR count). The second-order valence-electron chi connectivity index (χ2n) is 5.23. The van der Waals surface area contributed by atoms with Gasteiger partial charge >= 0.3 is 0 Å². The predicted octanol–water partition coefficient (Wildman–Crippen LogP) is 3.69. The molecule has 4 N–H and O–H groups in total. The highest BCUT2D eigenvalue weighted by molar-refractivity contribution is 6.11. The second kappa shape index (κ2) is 5.41. The number of hydrogen-bond donors (Lipinski definition) is 3. The SMILES string of the molecule is Cc1ccc(NC(=O)c2cc3ccccc3c(N)c2O)cc1. The van der Waals surface area contributed by atoms with Gasteiger partial charge in [0.2, 0.25) is 0 Å². The van der Waals surface area contributed by atoms with Crippen molar-refractivity contribution in [2.45, 2.75) is 6.92 Å². The van der Waals surface area contributed by atoms with E-state index in [-0.39, 0.29) is 22.9 Å². The van der Waals surface area contributed by atoms with Crippen LogP contribution in [0.25, 0.3) is 10.8 Å². The van der Waals surface area contributed by atoms with Gasteiger partial charge < -0.3 is 16.2 Å². The van der Waals surface area contributed by atoms with Crippen LogP contribution in [0, 0.1) is 6.92 Å². The summed E-state index contributed by atoms with van der Waals surface area (Å²) in [6.45, 7) is 1.97. The zero-order valence-corrected chi connectivity index (χ0v) is 12.1. The molecule has 0 atom stereocenters. The van der Waals surface area contributed by atoms with E-state index in [4.69, 9.17) is 5.73 Å². The molecule has 1 amide bonds. The smallest absolute Gasteiger partial charge is 0.259 e. The lowest BCUT2D eigenvalue weighted by molar-refractivity contribution is 0.102. The molecule has 110 valence electrons. The van der Waals surface area contributed by atoms with E-state index in [1.54, 1.807) is 6.07 Å². The minimum atomic E-state index is -0.390. The zero-order valence-electron chi connectivity index (χ0n) is 12.1. The summed E-state index contributed by atoms with van der Waals surface area (Å²) >= 11 is 0. The van der Waals surface area contributed by atoms with Crippen LogP contribution in [0.2, 0.25) is 0 Å². The molecule has 0 radical (unpaired) electrons. The number of benzene rings is 3. The van der Waals surface area contributed by atoms with E-state index in [9.17, 15) is 9.90 Å². The van der Waals surface area contributed by atoms with Crippen molar-refractivity contribution >= 4 is 28.1 Å². The summed E-state index contributed by atoms with van der Waals surface area (Å²) in [6, 6.07) is 16.5. The monoisotopic (exact) mass is 292 g/mol. The number of phenolic OH excluding ortho intramolecular Hbond substituents is 1. The van der Waals surface area contributed by atoms with Crippen LogP contribution in [0.4, 0.5) is 11.4 Å². The zero-order chi connectivity index (χ0) is 15.7. The van der Waals surface area contributed by atoms with Gasteiger partial charge in [0, 0.05) is 11.1 Å². The third-order valence-electron chi connectivity index (χ3n) is 3.62. The van der Waals surface area contributed by atoms with Gasteiger partial charge in [0.15, 0.2) is 5.75 Å². The van der Waals surface area contributed by atoms with E-state index in [2.05, 4.69) is 5.32 Å². The first-order valence-electron chi connectivity index (χ1n) is 6.94. The highest BCUT2D eigenvalue weighted by Gasteiger charge is 2.16. The number of carbonyl (C=O) groups is 1. The molecule has 0 aliphatic heterocycles. The Morgan fingerprint density at radius 3 is 2.50 bits per heavy atom. The number of nitrogen functional groups attached to an aromatic ring is 1. The average molecular weight is 292 g/mol. The van der Waals surface area contributed by atoms with Crippen LogP contribution in [0.5, 0.6) is 5.75 Å². The molecule has 4 heteroatoms. The minimum absolute atomic E-state index is 0.164. The van der Waals surface area contributed by atoms with Gasteiger partial charge in [0.25, 0.3) is 5.91 Å². The molecule has 0 saturated carbocycles. The molecule has 0 aliphatic carbocycles. The molecular formula is C18H16N2O2. The van der Waals surface area contributed by atoms with Crippen molar-refractivity contribution in [2.75, 3.05) is 11.1 Å². The maximum Gasteiger partial charge on any atom is 0.259 e. The van der Waals surface area contributed by atoms with Crippen LogP contribution < -0.4 is 11.1 Å². The molecule has 0 saturated heterocycles. The van der Waals surface area contributed by atoms with Crippen LogP contribution >= 0.6 is 0 Å².